The molecule has 1 aliphatic rings. The number of nitrogens with one attached hydrogen (secondary N) is 1. The fourth-order valence-corrected chi connectivity index (χ4v) is 3.53. The predicted molar refractivity (Wildman–Crippen MR) is 90.1 cm³/mol. The quantitative estimate of drug-likeness (QED) is 0.859. The number of hydrogen-bond donors (Lipinski definition) is 2. The fraction of sp³-hybridized carbons (Fsp3) is 0.600. The highest BCUT2D eigenvalue weighted by Crippen LogP contribution is 2.18. The number of amides is 1. The second kappa shape index (κ2) is 8.50. The SMILES string of the molecule is CCC(C(=O)O)N1CCC(NC(=O)c2ccc(C)s2)CC1.Cl. The fourth-order valence-electron chi connectivity index (χ4n) is 2.76. The van der Waals surface area contributed by atoms with E-state index in [1.165, 1.54) is 11.3 Å². The summed E-state index contributed by atoms with van der Waals surface area (Å²) in [5, 5.41) is 12.2. The number of halogens is 1. The number of carbonyl (C=O) groups excluding carboxylic acids is 1. The van der Waals surface area contributed by atoms with E-state index < -0.39 is 12.0 Å². The molecule has 0 bridgehead atoms. The molecule has 7 heteroatoms. The summed E-state index contributed by atoms with van der Waals surface area (Å²) in [6.07, 6.45) is 2.22. The zero-order valence-corrected chi connectivity index (χ0v) is 14.5. The molecule has 0 aliphatic carbocycles. The lowest BCUT2D eigenvalue weighted by Gasteiger charge is -2.35. The van der Waals surface area contributed by atoms with Crippen LogP contribution in [0.2, 0.25) is 0 Å². The van der Waals surface area contributed by atoms with Crippen molar-refractivity contribution in [1.82, 2.24) is 10.2 Å². The van der Waals surface area contributed by atoms with Crippen molar-refractivity contribution in [3.63, 3.8) is 0 Å². The van der Waals surface area contributed by atoms with E-state index in [2.05, 4.69) is 5.32 Å². The van der Waals surface area contributed by atoms with E-state index >= 15 is 0 Å². The minimum absolute atomic E-state index is 0. The monoisotopic (exact) mass is 346 g/mol. The lowest BCUT2D eigenvalue weighted by atomic mass is 10.0. The van der Waals surface area contributed by atoms with Crippen LogP contribution >= 0.6 is 23.7 Å². The summed E-state index contributed by atoms with van der Waals surface area (Å²) in [5.74, 6) is -0.772. The molecule has 2 rings (SSSR count). The zero-order chi connectivity index (χ0) is 15.4. The van der Waals surface area contributed by atoms with Gasteiger partial charge in [0.25, 0.3) is 5.91 Å². The Kier molecular flexibility index (Phi) is 7.32. The van der Waals surface area contributed by atoms with Gasteiger partial charge in [-0.25, -0.2) is 0 Å². The summed E-state index contributed by atoms with van der Waals surface area (Å²) in [5.41, 5.74) is 0. The van der Waals surface area contributed by atoms with Gasteiger partial charge in [0, 0.05) is 24.0 Å². The number of aryl methyl sites for hydroxylation is 1. The van der Waals surface area contributed by atoms with Gasteiger partial charge in [-0.1, -0.05) is 6.92 Å². The van der Waals surface area contributed by atoms with Crippen molar-refractivity contribution in [2.24, 2.45) is 0 Å². The highest BCUT2D eigenvalue weighted by atomic mass is 35.5. The Morgan fingerprint density at radius 3 is 2.50 bits per heavy atom. The molecule has 0 aromatic carbocycles. The largest absolute Gasteiger partial charge is 0.480 e. The van der Waals surface area contributed by atoms with Crippen LogP contribution in [-0.2, 0) is 4.79 Å². The third-order valence-corrected chi connectivity index (χ3v) is 4.94. The van der Waals surface area contributed by atoms with Crippen LogP contribution < -0.4 is 5.32 Å². The first-order valence-corrected chi connectivity index (χ1v) is 8.17. The molecular formula is C15H23ClN2O3S. The summed E-state index contributed by atoms with van der Waals surface area (Å²) in [7, 11) is 0. The van der Waals surface area contributed by atoms with Crippen LogP contribution in [0.4, 0.5) is 0 Å². The van der Waals surface area contributed by atoms with E-state index in [1.807, 2.05) is 30.9 Å². The third kappa shape index (κ3) is 4.69. The Labute approximate surface area is 141 Å². The van der Waals surface area contributed by atoms with Crippen LogP contribution in [0.1, 0.15) is 40.7 Å². The molecule has 2 heterocycles. The molecule has 5 nitrogen and oxygen atoms in total. The first kappa shape index (κ1) is 18.9. The van der Waals surface area contributed by atoms with Crippen LogP contribution in [0.3, 0.4) is 0 Å². The molecular weight excluding hydrogens is 324 g/mol. The average molecular weight is 347 g/mol. The van der Waals surface area contributed by atoms with Gasteiger partial charge in [-0.2, -0.15) is 0 Å². The van der Waals surface area contributed by atoms with Crippen molar-refractivity contribution in [2.75, 3.05) is 13.1 Å². The molecule has 0 saturated carbocycles. The van der Waals surface area contributed by atoms with Crippen LogP contribution in [-0.4, -0.2) is 47.1 Å². The summed E-state index contributed by atoms with van der Waals surface area (Å²) >= 11 is 1.50. The van der Waals surface area contributed by atoms with Crippen molar-refractivity contribution < 1.29 is 14.7 Å². The van der Waals surface area contributed by atoms with E-state index in [-0.39, 0.29) is 24.4 Å². The minimum atomic E-state index is -0.756. The standard InChI is InChI=1S/C15H22N2O3S.ClH/c1-3-12(15(19)20)17-8-6-11(7-9-17)16-14(18)13-5-4-10(2)21-13;/h4-5,11-12H,3,6-9H2,1-2H3,(H,16,18)(H,19,20);1H. The van der Waals surface area contributed by atoms with Crippen molar-refractivity contribution in [3.8, 4) is 0 Å². The molecule has 124 valence electrons. The number of rotatable bonds is 5. The average Bonchev–Trinajstić information content (AvgIpc) is 2.88. The highest BCUT2D eigenvalue weighted by molar-refractivity contribution is 7.13. The maximum absolute atomic E-state index is 12.1. The number of aliphatic carboxylic acids is 1. The Morgan fingerprint density at radius 1 is 1.41 bits per heavy atom. The maximum atomic E-state index is 12.1. The molecule has 1 unspecified atom stereocenters. The summed E-state index contributed by atoms with van der Waals surface area (Å²) in [6.45, 7) is 5.32. The topological polar surface area (TPSA) is 69.6 Å². The van der Waals surface area contributed by atoms with Crippen LogP contribution in [0.15, 0.2) is 12.1 Å². The number of nitrogens with zero attached hydrogens (tertiary/aromatic N) is 1. The van der Waals surface area contributed by atoms with Gasteiger partial charge < -0.3 is 10.4 Å². The second-order valence-corrected chi connectivity index (χ2v) is 6.74. The minimum Gasteiger partial charge on any atom is -0.480 e. The first-order valence-electron chi connectivity index (χ1n) is 7.35. The molecule has 1 aromatic heterocycles. The Morgan fingerprint density at radius 2 is 2.05 bits per heavy atom. The van der Waals surface area contributed by atoms with Crippen LogP contribution in [0, 0.1) is 6.92 Å². The molecule has 1 amide bonds. The van der Waals surface area contributed by atoms with Gasteiger partial charge in [0.05, 0.1) is 4.88 Å². The summed E-state index contributed by atoms with van der Waals surface area (Å²) in [4.78, 5) is 27.1. The summed E-state index contributed by atoms with van der Waals surface area (Å²) < 4.78 is 0. The van der Waals surface area contributed by atoms with Gasteiger partial charge in [-0.3, -0.25) is 14.5 Å². The van der Waals surface area contributed by atoms with Crippen LogP contribution in [0.5, 0.6) is 0 Å². The first-order chi connectivity index (χ1) is 10.0. The molecule has 1 atom stereocenters. The van der Waals surface area contributed by atoms with Gasteiger partial charge in [0.2, 0.25) is 0 Å². The third-order valence-electron chi connectivity index (χ3n) is 3.94. The normalized spacial score (nSPS) is 17.5. The molecule has 1 fully saturated rings. The summed E-state index contributed by atoms with van der Waals surface area (Å²) in [6, 6.07) is 3.53. The molecule has 1 saturated heterocycles. The number of carboxylic acid groups (broad SMARTS) is 1. The predicted octanol–water partition coefficient (Wildman–Crippen LogP) is 2.54. The Balaban J connectivity index is 0.00000242. The number of thiophene rings is 1. The molecule has 1 aliphatic heterocycles. The lowest BCUT2D eigenvalue weighted by molar-refractivity contribution is -0.143. The lowest BCUT2D eigenvalue weighted by Crippen LogP contribution is -2.50. The zero-order valence-electron chi connectivity index (χ0n) is 12.9. The van der Waals surface area contributed by atoms with Crippen molar-refractivity contribution in [3.05, 3.63) is 21.9 Å². The van der Waals surface area contributed by atoms with Crippen molar-refractivity contribution in [1.29, 1.82) is 0 Å². The van der Waals surface area contributed by atoms with Crippen molar-refractivity contribution >= 4 is 35.6 Å². The van der Waals surface area contributed by atoms with Gasteiger partial charge in [0.15, 0.2) is 0 Å². The van der Waals surface area contributed by atoms with E-state index in [9.17, 15) is 14.7 Å². The van der Waals surface area contributed by atoms with Gasteiger partial charge in [0.1, 0.15) is 6.04 Å². The van der Waals surface area contributed by atoms with Crippen LogP contribution in [0.25, 0.3) is 0 Å². The van der Waals surface area contributed by atoms with E-state index in [0.29, 0.717) is 6.42 Å². The number of carbonyl (C=O) groups is 2. The molecule has 1 aromatic rings. The van der Waals surface area contributed by atoms with E-state index in [1.54, 1.807) is 0 Å². The maximum Gasteiger partial charge on any atom is 0.320 e. The molecule has 22 heavy (non-hydrogen) atoms. The number of hydrogen-bond acceptors (Lipinski definition) is 4. The second-order valence-electron chi connectivity index (χ2n) is 5.46. The Hall–Kier alpha value is -1.11. The van der Waals surface area contributed by atoms with Crippen molar-refractivity contribution in [2.45, 2.75) is 45.2 Å². The number of piperidine rings is 1. The molecule has 0 spiro atoms. The van der Waals surface area contributed by atoms with Gasteiger partial charge in [-0.15, -0.1) is 23.7 Å². The molecule has 2 N–H and O–H groups in total. The highest BCUT2D eigenvalue weighted by Gasteiger charge is 2.29. The number of carboxylic acids is 1. The van der Waals surface area contributed by atoms with E-state index in [4.69, 9.17) is 0 Å². The van der Waals surface area contributed by atoms with E-state index in [0.717, 1.165) is 35.7 Å². The Bertz CT molecular complexity index is 513. The van der Waals surface area contributed by atoms with Gasteiger partial charge in [-0.05, 0) is 38.3 Å². The molecule has 0 radical (unpaired) electrons. The van der Waals surface area contributed by atoms with Gasteiger partial charge >= 0.3 is 5.97 Å². The number of likely N-dealkylation sites (tertiary alicyclic amines) is 1. The smallest absolute Gasteiger partial charge is 0.320 e.